The monoisotopic (exact) mass is 421 g/mol. The molecule has 1 aromatic heterocycles. The Morgan fingerprint density at radius 3 is 2.47 bits per heavy atom. The largest absolute Gasteiger partial charge is 0.490 e. The summed E-state index contributed by atoms with van der Waals surface area (Å²) in [5.41, 5.74) is 0.527. The fourth-order valence-electron chi connectivity index (χ4n) is 4.89. The number of hydrogen-bond donors (Lipinski definition) is 0. The molecule has 2 aromatic rings. The molecule has 162 valence electrons. The van der Waals surface area contributed by atoms with Gasteiger partial charge < -0.3 is 14.2 Å². The van der Waals surface area contributed by atoms with E-state index in [-0.39, 0.29) is 18.1 Å². The molecule has 1 atom stereocenters. The van der Waals surface area contributed by atoms with E-state index in [0.29, 0.717) is 22.7 Å². The maximum atomic E-state index is 12.8. The Balaban J connectivity index is 1.22. The van der Waals surface area contributed by atoms with Crippen LogP contribution in [0, 0.1) is 0 Å². The molecule has 5 rings (SSSR count). The number of carbonyl (C=O) groups excluding carboxylic acids is 1. The Kier molecular flexibility index (Phi) is 4.92. The molecule has 2 aliphatic heterocycles. The fraction of sp³-hybridized carbons (Fsp3) is 0.591. The van der Waals surface area contributed by atoms with Gasteiger partial charge in [-0.15, -0.1) is 0 Å². The molecule has 1 aliphatic carbocycles. The van der Waals surface area contributed by atoms with Crippen molar-refractivity contribution in [1.29, 1.82) is 0 Å². The van der Waals surface area contributed by atoms with Crippen molar-refractivity contribution in [3.8, 4) is 5.75 Å². The van der Waals surface area contributed by atoms with E-state index in [0.717, 1.165) is 51.7 Å². The lowest BCUT2D eigenvalue weighted by Crippen LogP contribution is -2.47. The number of benzene rings is 1. The molecule has 30 heavy (non-hydrogen) atoms. The van der Waals surface area contributed by atoms with Gasteiger partial charge in [-0.3, -0.25) is 9.69 Å². The molecule has 2 saturated heterocycles. The molecule has 1 amide bonds. The van der Waals surface area contributed by atoms with Gasteiger partial charge >= 0.3 is 6.18 Å². The van der Waals surface area contributed by atoms with E-state index in [4.69, 9.17) is 4.74 Å². The van der Waals surface area contributed by atoms with Crippen LogP contribution in [-0.4, -0.2) is 64.3 Å². The van der Waals surface area contributed by atoms with E-state index >= 15 is 0 Å². The first-order valence-electron chi connectivity index (χ1n) is 10.7. The normalized spacial score (nSPS) is 24.2. The molecule has 0 N–H and O–H groups in total. The van der Waals surface area contributed by atoms with E-state index in [1.165, 1.54) is 10.8 Å². The maximum absolute atomic E-state index is 12.8. The summed E-state index contributed by atoms with van der Waals surface area (Å²) < 4.78 is 45.8. The third-order valence-electron chi connectivity index (χ3n) is 6.53. The molecule has 8 heteroatoms. The Labute approximate surface area is 173 Å². The molecule has 1 saturated carbocycles. The molecular formula is C22H26F3N3O2. The van der Waals surface area contributed by atoms with Gasteiger partial charge in [0.25, 0.3) is 0 Å². The zero-order valence-electron chi connectivity index (χ0n) is 16.8. The van der Waals surface area contributed by atoms with Gasteiger partial charge in [-0.1, -0.05) is 6.07 Å². The van der Waals surface area contributed by atoms with Gasteiger partial charge in [-0.25, -0.2) is 0 Å². The third-order valence-corrected chi connectivity index (χ3v) is 6.53. The number of halogens is 3. The predicted octanol–water partition coefficient (Wildman–Crippen LogP) is 3.81. The number of amides is 1. The van der Waals surface area contributed by atoms with Crippen LogP contribution in [-0.2, 0) is 11.3 Å². The number of aromatic nitrogens is 1. The molecule has 1 unspecified atom stereocenters. The van der Waals surface area contributed by atoms with Crippen LogP contribution in [0.3, 0.4) is 0 Å². The van der Waals surface area contributed by atoms with Crippen LogP contribution in [0.2, 0.25) is 0 Å². The van der Waals surface area contributed by atoms with Crippen molar-refractivity contribution in [2.24, 2.45) is 0 Å². The van der Waals surface area contributed by atoms with Crippen LogP contribution in [0.5, 0.6) is 5.75 Å². The number of fused-ring (bicyclic) bond motifs is 1. The topological polar surface area (TPSA) is 37.7 Å². The number of carbonyl (C=O) groups is 1. The molecule has 3 fully saturated rings. The second-order valence-corrected chi connectivity index (χ2v) is 8.67. The summed E-state index contributed by atoms with van der Waals surface area (Å²) in [7, 11) is 0. The van der Waals surface area contributed by atoms with Crippen LogP contribution in [0.25, 0.3) is 10.9 Å². The molecule has 0 spiro atoms. The molecule has 0 bridgehead atoms. The van der Waals surface area contributed by atoms with Gasteiger partial charge in [0, 0.05) is 37.3 Å². The summed E-state index contributed by atoms with van der Waals surface area (Å²) in [5, 5.41) is 0.704. The van der Waals surface area contributed by atoms with Crippen molar-refractivity contribution in [3.05, 3.63) is 30.5 Å². The molecule has 5 nitrogen and oxygen atoms in total. The minimum absolute atomic E-state index is 0.00591. The Bertz CT molecular complexity index is 929. The summed E-state index contributed by atoms with van der Waals surface area (Å²) in [6.45, 7) is 1.49. The van der Waals surface area contributed by atoms with E-state index in [1.54, 1.807) is 18.2 Å². The zero-order valence-corrected chi connectivity index (χ0v) is 16.8. The van der Waals surface area contributed by atoms with Gasteiger partial charge in [0.1, 0.15) is 18.4 Å². The summed E-state index contributed by atoms with van der Waals surface area (Å²) >= 11 is 0. The summed E-state index contributed by atoms with van der Waals surface area (Å²) in [5.74, 6) is 0.913. The first-order chi connectivity index (χ1) is 14.4. The number of nitrogens with zero attached hydrogens (tertiary/aromatic N) is 3. The second kappa shape index (κ2) is 7.48. The minimum atomic E-state index is -4.26. The van der Waals surface area contributed by atoms with E-state index < -0.39 is 12.7 Å². The van der Waals surface area contributed by atoms with Crippen LogP contribution in [0.1, 0.15) is 32.1 Å². The average molecular weight is 421 g/mol. The van der Waals surface area contributed by atoms with Crippen molar-refractivity contribution in [1.82, 2.24) is 14.4 Å². The summed E-state index contributed by atoms with van der Waals surface area (Å²) in [6, 6.07) is 7.42. The second-order valence-electron chi connectivity index (χ2n) is 8.67. The minimum Gasteiger partial charge on any atom is -0.490 e. The lowest BCUT2D eigenvalue weighted by atomic mass is 10.0. The van der Waals surface area contributed by atoms with E-state index in [9.17, 15) is 18.0 Å². The van der Waals surface area contributed by atoms with Crippen molar-refractivity contribution >= 4 is 16.8 Å². The van der Waals surface area contributed by atoms with Crippen LogP contribution in [0.15, 0.2) is 30.5 Å². The Morgan fingerprint density at radius 1 is 1.00 bits per heavy atom. The zero-order chi connectivity index (χ0) is 20.9. The highest BCUT2D eigenvalue weighted by Crippen LogP contribution is 2.34. The van der Waals surface area contributed by atoms with Gasteiger partial charge in [-0.2, -0.15) is 13.2 Å². The maximum Gasteiger partial charge on any atom is 0.406 e. The van der Waals surface area contributed by atoms with Gasteiger partial charge in [-0.05, 0) is 50.3 Å². The molecule has 3 aliphatic rings. The predicted molar refractivity (Wildman–Crippen MR) is 106 cm³/mol. The first-order valence-corrected chi connectivity index (χ1v) is 10.7. The standard InChI is InChI=1S/C22H26F3N3O2/c23-22(24,25)14-27-12-8-17-18(27)2-1-3-20(17)30-16-6-10-26(11-7-16)19-9-13-28(21(19)29)15-4-5-15/h1-3,8,12,15-16,19H,4-7,9-11,13-14H2. The van der Waals surface area contributed by atoms with Crippen LogP contribution in [0.4, 0.5) is 13.2 Å². The SMILES string of the molecule is O=C1C(N2CCC(Oc3cccc4c3ccn4CC(F)(F)F)CC2)CCN1C1CC1. The van der Waals surface area contributed by atoms with Crippen LogP contribution >= 0.6 is 0 Å². The van der Waals surface area contributed by atoms with Crippen LogP contribution < -0.4 is 4.74 Å². The highest BCUT2D eigenvalue weighted by atomic mass is 19.4. The molecular weight excluding hydrogens is 395 g/mol. The number of ether oxygens (including phenoxy) is 1. The molecule has 1 aromatic carbocycles. The van der Waals surface area contributed by atoms with Crippen molar-refractivity contribution in [2.45, 2.75) is 63.0 Å². The number of alkyl halides is 3. The lowest BCUT2D eigenvalue weighted by Gasteiger charge is -2.35. The van der Waals surface area contributed by atoms with Gasteiger partial charge in [0.2, 0.25) is 5.91 Å². The van der Waals surface area contributed by atoms with Crippen molar-refractivity contribution in [3.63, 3.8) is 0 Å². The van der Waals surface area contributed by atoms with Crippen molar-refractivity contribution in [2.75, 3.05) is 19.6 Å². The Hall–Kier alpha value is -2.22. The summed E-state index contributed by atoms with van der Waals surface area (Å²) in [4.78, 5) is 17.0. The molecule has 0 radical (unpaired) electrons. The number of piperidine rings is 1. The van der Waals surface area contributed by atoms with E-state index in [2.05, 4.69) is 9.80 Å². The van der Waals surface area contributed by atoms with Gasteiger partial charge in [0.05, 0.1) is 11.6 Å². The Morgan fingerprint density at radius 2 is 1.77 bits per heavy atom. The molecule has 3 heterocycles. The highest BCUT2D eigenvalue weighted by Gasteiger charge is 2.43. The smallest absolute Gasteiger partial charge is 0.406 e. The summed E-state index contributed by atoms with van der Waals surface area (Å²) in [6.07, 6.45) is 2.03. The fourth-order valence-corrected chi connectivity index (χ4v) is 4.89. The van der Waals surface area contributed by atoms with Gasteiger partial charge in [0.15, 0.2) is 0 Å². The van der Waals surface area contributed by atoms with Crippen molar-refractivity contribution < 1.29 is 22.7 Å². The first kappa shape index (κ1) is 19.7. The van der Waals surface area contributed by atoms with E-state index in [1.807, 2.05) is 6.07 Å². The average Bonchev–Trinajstić information content (AvgIpc) is 3.36. The third kappa shape index (κ3) is 3.89. The lowest BCUT2D eigenvalue weighted by molar-refractivity contribution is -0.140. The number of likely N-dealkylation sites (tertiary alicyclic amines) is 2. The quantitative estimate of drug-likeness (QED) is 0.737. The number of rotatable bonds is 5. The number of hydrogen-bond acceptors (Lipinski definition) is 3. The highest BCUT2D eigenvalue weighted by molar-refractivity contribution is 5.86.